The Morgan fingerprint density at radius 1 is 1.38 bits per heavy atom. The van der Waals surface area contributed by atoms with Gasteiger partial charge in [0.15, 0.2) is 0 Å². The van der Waals surface area contributed by atoms with Gasteiger partial charge in [0.1, 0.15) is 5.76 Å². The molecule has 2 atom stereocenters. The van der Waals surface area contributed by atoms with Crippen molar-refractivity contribution in [3.8, 4) is 0 Å². The van der Waals surface area contributed by atoms with E-state index in [0.29, 0.717) is 5.76 Å². The summed E-state index contributed by atoms with van der Waals surface area (Å²) in [5, 5.41) is 2.74. The van der Waals surface area contributed by atoms with Crippen LogP contribution in [0, 0.1) is 0 Å². The summed E-state index contributed by atoms with van der Waals surface area (Å²) in [7, 11) is 0. The predicted molar refractivity (Wildman–Crippen MR) is 45.7 cm³/mol. The highest BCUT2D eigenvalue weighted by molar-refractivity contribution is 5.03. The highest BCUT2D eigenvalue weighted by Crippen LogP contribution is 2.14. The van der Waals surface area contributed by atoms with E-state index < -0.39 is 12.5 Å². The lowest BCUT2D eigenvalue weighted by molar-refractivity contribution is 0.0994. The van der Waals surface area contributed by atoms with Gasteiger partial charge >= 0.3 is 0 Å². The van der Waals surface area contributed by atoms with Gasteiger partial charge in [-0.15, -0.1) is 0 Å². The van der Waals surface area contributed by atoms with Crippen molar-refractivity contribution >= 4 is 0 Å². The lowest BCUT2D eigenvalue weighted by atomic mass is 10.2. The minimum atomic E-state index is -2.35. The molecule has 0 aliphatic rings. The number of furan rings is 1. The van der Waals surface area contributed by atoms with E-state index >= 15 is 0 Å². The van der Waals surface area contributed by atoms with Gasteiger partial charge in [-0.25, -0.2) is 8.78 Å². The number of hydrogen-bond acceptors (Lipinski definition) is 2. The molecule has 0 bridgehead atoms. The van der Waals surface area contributed by atoms with E-state index in [1.54, 1.807) is 19.1 Å². The number of hydrogen-bond donors (Lipinski definition) is 1. The van der Waals surface area contributed by atoms with Gasteiger partial charge in [-0.3, -0.25) is 5.32 Å². The maximum atomic E-state index is 12.1. The first-order valence-electron chi connectivity index (χ1n) is 4.19. The maximum Gasteiger partial charge on any atom is 0.253 e. The fraction of sp³-hybridized carbons (Fsp3) is 0.556. The van der Waals surface area contributed by atoms with E-state index in [-0.39, 0.29) is 6.04 Å². The van der Waals surface area contributed by atoms with Crippen molar-refractivity contribution in [2.75, 3.05) is 0 Å². The van der Waals surface area contributed by atoms with E-state index in [4.69, 9.17) is 4.42 Å². The predicted octanol–water partition coefficient (Wildman–Crippen LogP) is 2.58. The molecule has 0 spiro atoms. The number of halogens is 2. The van der Waals surface area contributed by atoms with Crippen molar-refractivity contribution in [2.24, 2.45) is 0 Å². The number of alkyl halides is 2. The van der Waals surface area contributed by atoms with E-state index in [1.807, 2.05) is 0 Å². The minimum absolute atomic E-state index is 0.181. The molecule has 4 heteroatoms. The van der Waals surface area contributed by atoms with Crippen LogP contribution < -0.4 is 5.32 Å². The van der Waals surface area contributed by atoms with E-state index in [1.165, 1.54) is 13.2 Å². The van der Waals surface area contributed by atoms with Gasteiger partial charge in [0, 0.05) is 0 Å². The Labute approximate surface area is 75.9 Å². The van der Waals surface area contributed by atoms with Gasteiger partial charge in [-0.05, 0) is 26.0 Å². The Kier molecular flexibility index (Phi) is 3.42. The molecule has 0 fully saturated rings. The summed E-state index contributed by atoms with van der Waals surface area (Å²) in [4.78, 5) is 0. The van der Waals surface area contributed by atoms with Gasteiger partial charge in [0.05, 0.1) is 18.3 Å². The highest BCUT2D eigenvalue weighted by Gasteiger charge is 2.18. The van der Waals surface area contributed by atoms with Crippen molar-refractivity contribution < 1.29 is 13.2 Å². The second-order valence-corrected chi connectivity index (χ2v) is 3.03. The third-order valence-corrected chi connectivity index (χ3v) is 1.86. The van der Waals surface area contributed by atoms with Gasteiger partial charge in [0.25, 0.3) is 6.43 Å². The molecule has 1 unspecified atom stereocenters. The Morgan fingerprint density at radius 2 is 2.08 bits per heavy atom. The summed E-state index contributed by atoms with van der Waals surface area (Å²) in [5.74, 6) is 0.674. The van der Waals surface area contributed by atoms with Gasteiger partial charge < -0.3 is 4.42 Å². The molecule has 0 saturated heterocycles. The molecule has 0 saturated carbocycles. The first-order chi connectivity index (χ1) is 6.11. The van der Waals surface area contributed by atoms with E-state index in [0.717, 1.165) is 0 Å². The maximum absolute atomic E-state index is 12.1. The first kappa shape index (κ1) is 10.2. The van der Waals surface area contributed by atoms with Crippen LogP contribution >= 0.6 is 0 Å². The van der Waals surface area contributed by atoms with E-state index in [2.05, 4.69) is 5.32 Å². The van der Waals surface area contributed by atoms with Crippen LogP contribution in [0.2, 0.25) is 0 Å². The summed E-state index contributed by atoms with van der Waals surface area (Å²) < 4.78 is 29.3. The normalized spacial score (nSPS) is 16.1. The van der Waals surface area contributed by atoms with Gasteiger partial charge in [0.2, 0.25) is 0 Å². The van der Waals surface area contributed by atoms with Gasteiger partial charge in [-0.2, -0.15) is 0 Å². The first-order valence-corrected chi connectivity index (χ1v) is 4.19. The summed E-state index contributed by atoms with van der Waals surface area (Å²) in [5.41, 5.74) is 0. The monoisotopic (exact) mass is 189 g/mol. The van der Waals surface area contributed by atoms with Crippen molar-refractivity contribution in [1.29, 1.82) is 0 Å². The zero-order valence-electron chi connectivity index (χ0n) is 7.63. The Balaban J connectivity index is 2.46. The second kappa shape index (κ2) is 4.37. The van der Waals surface area contributed by atoms with Crippen LogP contribution in [0.4, 0.5) is 8.78 Å². The molecular weight excluding hydrogens is 176 g/mol. The van der Waals surface area contributed by atoms with Gasteiger partial charge in [-0.1, -0.05) is 0 Å². The summed E-state index contributed by atoms with van der Waals surface area (Å²) in [6.45, 7) is 3.24. The number of rotatable bonds is 4. The Bertz CT molecular complexity index is 236. The fourth-order valence-corrected chi connectivity index (χ4v) is 1.09. The topological polar surface area (TPSA) is 25.2 Å². The molecule has 1 aromatic rings. The molecule has 13 heavy (non-hydrogen) atoms. The Morgan fingerprint density at radius 3 is 2.54 bits per heavy atom. The molecule has 1 heterocycles. The smallest absolute Gasteiger partial charge is 0.253 e. The molecule has 0 amide bonds. The van der Waals surface area contributed by atoms with Crippen LogP contribution in [-0.2, 0) is 0 Å². The molecular formula is C9H13F2NO. The molecule has 0 aliphatic carbocycles. The third-order valence-electron chi connectivity index (χ3n) is 1.86. The standard InChI is InChI=1S/C9H13F2NO/c1-6(8-4-3-5-13-8)12-7(2)9(10)11/h3-7,9,12H,1-2H3/t6-,7?/m1/s1. The Hall–Kier alpha value is -0.900. The lowest BCUT2D eigenvalue weighted by Crippen LogP contribution is -2.34. The SMILES string of the molecule is CC(N[C@H](C)c1ccco1)C(F)F. The third kappa shape index (κ3) is 2.81. The molecule has 74 valence electrons. The zero-order valence-corrected chi connectivity index (χ0v) is 7.63. The van der Waals surface area contributed by atoms with Crippen molar-refractivity contribution in [3.63, 3.8) is 0 Å². The van der Waals surface area contributed by atoms with Crippen LogP contribution in [0.15, 0.2) is 22.8 Å². The van der Waals surface area contributed by atoms with E-state index in [9.17, 15) is 8.78 Å². The minimum Gasteiger partial charge on any atom is -0.468 e. The summed E-state index contributed by atoms with van der Waals surface area (Å²) in [6.07, 6.45) is -0.821. The van der Waals surface area contributed by atoms with Crippen LogP contribution in [0.3, 0.4) is 0 Å². The molecule has 0 aliphatic heterocycles. The van der Waals surface area contributed by atoms with Crippen molar-refractivity contribution in [1.82, 2.24) is 5.32 Å². The average Bonchev–Trinajstić information content (AvgIpc) is 2.55. The highest BCUT2D eigenvalue weighted by atomic mass is 19.3. The van der Waals surface area contributed by atoms with Crippen LogP contribution in [0.1, 0.15) is 25.6 Å². The second-order valence-electron chi connectivity index (χ2n) is 3.03. The number of nitrogens with one attached hydrogen (secondary N) is 1. The molecule has 2 nitrogen and oxygen atoms in total. The van der Waals surface area contributed by atoms with Crippen LogP contribution in [0.25, 0.3) is 0 Å². The summed E-state index contributed by atoms with van der Waals surface area (Å²) >= 11 is 0. The van der Waals surface area contributed by atoms with Crippen molar-refractivity contribution in [3.05, 3.63) is 24.2 Å². The molecule has 0 radical (unpaired) electrons. The van der Waals surface area contributed by atoms with Crippen molar-refractivity contribution in [2.45, 2.75) is 32.4 Å². The fourth-order valence-electron chi connectivity index (χ4n) is 1.09. The molecule has 1 aromatic heterocycles. The quantitative estimate of drug-likeness (QED) is 0.787. The molecule has 1 N–H and O–H groups in total. The molecule has 0 aromatic carbocycles. The lowest BCUT2D eigenvalue weighted by Gasteiger charge is -2.17. The summed E-state index contributed by atoms with van der Waals surface area (Å²) in [6, 6.07) is 2.50. The van der Waals surface area contributed by atoms with Crippen LogP contribution in [-0.4, -0.2) is 12.5 Å². The largest absolute Gasteiger partial charge is 0.468 e. The van der Waals surface area contributed by atoms with Crippen LogP contribution in [0.5, 0.6) is 0 Å². The molecule has 1 rings (SSSR count). The average molecular weight is 189 g/mol. The zero-order chi connectivity index (χ0) is 9.84.